The lowest BCUT2D eigenvalue weighted by molar-refractivity contribution is 0.661. The Morgan fingerprint density at radius 2 is 0.757 bits per heavy atom. The molecule has 3 nitrogen and oxygen atoms in total. The minimum atomic E-state index is -0.160. The molecule has 16 aromatic rings. The summed E-state index contributed by atoms with van der Waals surface area (Å²) in [6, 6.07) is 88.7. The minimum Gasteiger partial charge on any atom is -0.309 e. The summed E-state index contributed by atoms with van der Waals surface area (Å²) in [4.78, 5) is 0. The van der Waals surface area contributed by atoms with Gasteiger partial charge in [0.25, 0.3) is 0 Å². The summed E-state index contributed by atoms with van der Waals surface area (Å²) in [5, 5.41) is 15.3. The van der Waals surface area contributed by atoms with E-state index in [0.29, 0.717) is 0 Å². The van der Waals surface area contributed by atoms with Gasteiger partial charge in [-0.2, -0.15) is 0 Å². The highest BCUT2D eigenvalue weighted by Gasteiger charge is 2.38. The van der Waals surface area contributed by atoms with E-state index in [2.05, 4.69) is 264 Å². The van der Waals surface area contributed by atoms with Gasteiger partial charge in [-0.3, -0.25) is 0 Å². The van der Waals surface area contributed by atoms with Crippen LogP contribution in [0, 0.1) is 0 Å². The van der Waals surface area contributed by atoms with E-state index in [9.17, 15) is 0 Å². The minimum absolute atomic E-state index is 0.160. The highest BCUT2D eigenvalue weighted by atomic mass is 15.0. The summed E-state index contributed by atoms with van der Waals surface area (Å²) >= 11 is 0. The largest absolute Gasteiger partial charge is 0.309 e. The smallest absolute Gasteiger partial charge is 0.0626 e. The molecule has 74 heavy (non-hydrogen) atoms. The number of para-hydroxylation sites is 4. The van der Waals surface area contributed by atoms with Crippen molar-refractivity contribution in [2.45, 2.75) is 19.3 Å². The first-order valence-electron chi connectivity index (χ1n) is 25.9. The van der Waals surface area contributed by atoms with Crippen LogP contribution in [0.15, 0.2) is 237 Å². The number of benzene rings is 12. The molecule has 3 heteroatoms. The van der Waals surface area contributed by atoms with E-state index in [1.165, 1.54) is 159 Å². The molecule has 0 bridgehead atoms. The predicted octanol–water partition coefficient (Wildman–Crippen LogP) is 19.0. The zero-order valence-corrected chi connectivity index (χ0v) is 40.9. The second kappa shape index (κ2) is 14.4. The third-order valence-corrected chi connectivity index (χ3v) is 17.1. The average molecular weight is 940 g/mol. The first-order valence-corrected chi connectivity index (χ1v) is 25.9. The molecule has 1 aliphatic rings. The van der Waals surface area contributed by atoms with Gasteiger partial charge in [0.2, 0.25) is 0 Å². The molecule has 12 aromatic carbocycles. The number of rotatable bonds is 4. The summed E-state index contributed by atoms with van der Waals surface area (Å²) < 4.78 is 7.38. The van der Waals surface area contributed by atoms with Crippen LogP contribution in [-0.4, -0.2) is 13.5 Å². The van der Waals surface area contributed by atoms with Crippen molar-refractivity contribution < 1.29 is 0 Å². The number of hydrogen-bond acceptors (Lipinski definition) is 0. The SMILES string of the molecule is CC1(C)c2ccccc2-c2c1cc1c3cc4cc(-c5ccc6c(c5)c5ccccc5n6-c5ccccc5)ccc4cc3n3c4cc5ccc(-c6ccc7c(c6)c6ccccc6n7-c6ccccc6)cc5cc4c2c13. The van der Waals surface area contributed by atoms with Gasteiger partial charge in [0.05, 0.1) is 38.6 Å². The Morgan fingerprint density at radius 1 is 0.297 bits per heavy atom. The molecule has 17 rings (SSSR count). The van der Waals surface area contributed by atoms with Gasteiger partial charge in [-0.1, -0.05) is 147 Å². The number of aromatic nitrogens is 3. The molecule has 0 atom stereocenters. The van der Waals surface area contributed by atoms with Crippen LogP contribution in [0.5, 0.6) is 0 Å². The Balaban J connectivity index is 0.866. The second-order valence-corrected chi connectivity index (χ2v) is 21.3. The van der Waals surface area contributed by atoms with Crippen molar-refractivity contribution in [3.63, 3.8) is 0 Å². The zero-order chi connectivity index (χ0) is 48.6. The van der Waals surface area contributed by atoms with Gasteiger partial charge < -0.3 is 13.5 Å². The number of fused-ring (bicyclic) bond motifs is 18. The lowest BCUT2D eigenvalue weighted by atomic mass is 9.81. The maximum Gasteiger partial charge on any atom is 0.0626 e. The highest BCUT2D eigenvalue weighted by molar-refractivity contribution is 6.30. The van der Waals surface area contributed by atoms with E-state index in [1.54, 1.807) is 0 Å². The van der Waals surface area contributed by atoms with Crippen molar-refractivity contribution in [1.29, 1.82) is 0 Å². The fourth-order valence-corrected chi connectivity index (χ4v) is 13.6. The van der Waals surface area contributed by atoms with Crippen LogP contribution in [-0.2, 0) is 5.41 Å². The van der Waals surface area contributed by atoms with Crippen LogP contribution < -0.4 is 0 Å². The van der Waals surface area contributed by atoms with E-state index in [0.717, 1.165) is 0 Å². The highest BCUT2D eigenvalue weighted by Crippen LogP contribution is 2.56. The molecule has 0 N–H and O–H groups in total. The summed E-state index contributed by atoms with van der Waals surface area (Å²) in [6.07, 6.45) is 0. The quantitative estimate of drug-likeness (QED) is 0.167. The molecule has 344 valence electrons. The normalized spacial score (nSPS) is 13.4. The Morgan fingerprint density at radius 3 is 1.35 bits per heavy atom. The Hall–Kier alpha value is -9.44. The molecule has 0 amide bonds. The van der Waals surface area contributed by atoms with Crippen molar-refractivity contribution in [3.05, 3.63) is 248 Å². The van der Waals surface area contributed by atoms with Crippen molar-refractivity contribution in [2.75, 3.05) is 0 Å². The van der Waals surface area contributed by atoms with Gasteiger partial charge in [-0.25, -0.2) is 0 Å². The van der Waals surface area contributed by atoms with Crippen LogP contribution in [0.25, 0.3) is 148 Å². The third kappa shape index (κ3) is 5.30. The molecule has 0 fully saturated rings. The maximum atomic E-state index is 2.59. The monoisotopic (exact) mass is 939 g/mol. The third-order valence-electron chi connectivity index (χ3n) is 17.1. The lowest BCUT2D eigenvalue weighted by Crippen LogP contribution is -2.14. The molecular formula is C71H45N3. The summed E-state index contributed by atoms with van der Waals surface area (Å²) in [5.41, 5.74) is 21.3. The topological polar surface area (TPSA) is 14.3 Å². The predicted molar refractivity (Wildman–Crippen MR) is 313 cm³/mol. The van der Waals surface area contributed by atoms with Crippen molar-refractivity contribution in [2.24, 2.45) is 0 Å². The van der Waals surface area contributed by atoms with Gasteiger partial charge in [-0.05, 0) is 169 Å². The van der Waals surface area contributed by atoms with Crippen molar-refractivity contribution in [1.82, 2.24) is 13.5 Å². The van der Waals surface area contributed by atoms with Gasteiger partial charge >= 0.3 is 0 Å². The van der Waals surface area contributed by atoms with Gasteiger partial charge in [0, 0.05) is 59.9 Å². The summed E-state index contributed by atoms with van der Waals surface area (Å²) in [7, 11) is 0. The van der Waals surface area contributed by atoms with Crippen LogP contribution in [0.4, 0.5) is 0 Å². The van der Waals surface area contributed by atoms with Crippen LogP contribution in [0.3, 0.4) is 0 Å². The van der Waals surface area contributed by atoms with Gasteiger partial charge in [0.1, 0.15) is 0 Å². The average Bonchev–Trinajstić information content (AvgIpc) is 4.24. The molecule has 0 saturated carbocycles. The lowest BCUT2D eigenvalue weighted by Gasteiger charge is -2.21. The van der Waals surface area contributed by atoms with Crippen LogP contribution in [0.2, 0.25) is 0 Å². The van der Waals surface area contributed by atoms with E-state index in [4.69, 9.17) is 0 Å². The first-order chi connectivity index (χ1) is 36.4. The van der Waals surface area contributed by atoms with E-state index in [-0.39, 0.29) is 5.41 Å². The maximum absolute atomic E-state index is 2.59. The van der Waals surface area contributed by atoms with E-state index < -0.39 is 0 Å². The number of hydrogen-bond donors (Lipinski definition) is 0. The summed E-state index contributed by atoms with van der Waals surface area (Å²) in [6.45, 7) is 4.84. The Bertz CT molecular complexity index is 5080. The fourth-order valence-electron chi connectivity index (χ4n) is 13.6. The fraction of sp³-hybridized carbons (Fsp3) is 0.0423. The molecule has 0 aliphatic heterocycles. The first kappa shape index (κ1) is 40.2. The molecule has 0 spiro atoms. The zero-order valence-electron chi connectivity index (χ0n) is 40.9. The Labute approximate surface area is 426 Å². The second-order valence-electron chi connectivity index (χ2n) is 21.3. The molecule has 0 unspecified atom stereocenters. The summed E-state index contributed by atoms with van der Waals surface area (Å²) in [5.74, 6) is 0. The molecule has 4 heterocycles. The molecule has 0 saturated heterocycles. The van der Waals surface area contributed by atoms with Gasteiger partial charge in [-0.15, -0.1) is 0 Å². The van der Waals surface area contributed by atoms with E-state index in [1.807, 2.05) is 0 Å². The van der Waals surface area contributed by atoms with Gasteiger partial charge in [0.15, 0.2) is 0 Å². The van der Waals surface area contributed by atoms with Crippen LogP contribution >= 0.6 is 0 Å². The molecular weight excluding hydrogens is 895 g/mol. The molecule has 4 aromatic heterocycles. The van der Waals surface area contributed by atoms with Crippen molar-refractivity contribution >= 4 is 103 Å². The van der Waals surface area contributed by atoms with Crippen LogP contribution in [0.1, 0.15) is 25.0 Å². The molecule has 1 aliphatic carbocycles. The molecule has 0 radical (unpaired) electrons. The van der Waals surface area contributed by atoms with Crippen molar-refractivity contribution in [3.8, 4) is 44.8 Å². The van der Waals surface area contributed by atoms with E-state index >= 15 is 0 Å². The number of nitrogens with zero attached hydrogens (tertiary/aromatic N) is 3. The Kier molecular flexibility index (Phi) is 7.81. The standard InChI is InChI=1S/C71H45N3/c1-71(2)60-22-12-9-21-54(60)68-61(71)41-58-57-37-48-33-42(44-29-31-64-55(35-44)52-19-10-13-23-62(52)72(64)50-15-5-3-6-16-50)25-27-46(48)39-66(57)74-67-40-47-28-26-43(34-49(47)38-59(67)69(68)70(58)74)45-30-32-65-56(36-45)53-20-11-14-24-63(53)73(65)51-17-7-4-8-18-51/h3-41H,1-2H3.